The van der Waals surface area contributed by atoms with Gasteiger partial charge in [-0.05, 0) is 44.4 Å². The monoisotopic (exact) mass is 386 g/mol. The zero-order valence-corrected chi connectivity index (χ0v) is 10.9. The van der Waals surface area contributed by atoms with Crippen molar-refractivity contribution in [3.05, 3.63) is 33.9 Å². The van der Waals surface area contributed by atoms with Crippen LogP contribution in [0.2, 0.25) is 0 Å². The number of hydrogen-bond acceptors (Lipinski definition) is 1. The van der Waals surface area contributed by atoms with Gasteiger partial charge in [-0.25, -0.2) is 0 Å². The molecule has 0 saturated heterocycles. The summed E-state index contributed by atoms with van der Waals surface area (Å²) in [7, 11) is 1.68. The largest absolute Gasteiger partial charge is 0.497 e. The average Bonchev–Trinajstić information content (AvgIpc) is 2.17. The van der Waals surface area contributed by atoms with E-state index in [0.717, 1.165) is 5.75 Å². The van der Waals surface area contributed by atoms with E-state index in [1.165, 1.54) is 9.14 Å². The molecule has 0 spiro atoms. The van der Waals surface area contributed by atoms with Crippen LogP contribution in [0.4, 0.5) is 0 Å². The third kappa shape index (κ3) is 2.62. The lowest BCUT2D eigenvalue weighted by molar-refractivity contribution is 0.414. The van der Waals surface area contributed by atoms with Crippen molar-refractivity contribution in [2.45, 2.75) is 0 Å². The van der Waals surface area contributed by atoms with Crippen LogP contribution in [0.1, 0.15) is 5.56 Å². The van der Waals surface area contributed by atoms with E-state index in [9.17, 15) is 0 Å². The van der Waals surface area contributed by atoms with Crippen molar-refractivity contribution in [2.24, 2.45) is 0 Å². The van der Waals surface area contributed by atoms with Gasteiger partial charge in [-0.1, -0.05) is 34.7 Å². The van der Waals surface area contributed by atoms with Crippen molar-refractivity contribution in [3.63, 3.8) is 0 Å². The van der Waals surface area contributed by atoms with Crippen molar-refractivity contribution >= 4 is 48.8 Å². The van der Waals surface area contributed by atoms with Gasteiger partial charge in [0.15, 0.2) is 0 Å². The molecule has 0 aliphatic heterocycles. The third-order valence-corrected chi connectivity index (χ3v) is 4.19. The molecule has 0 aliphatic carbocycles. The summed E-state index contributed by atoms with van der Waals surface area (Å²) in [6, 6.07) is 8.03. The molecule has 3 heteroatoms. The molecule has 64 valence electrons. The quantitative estimate of drug-likeness (QED) is 0.702. The maximum Gasteiger partial charge on any atom is 0.119 e. The van der Waals surface area contributed by atoms with Gasteiger partial charge in [-0.15, -0.1) is 0 Å². The van der Waals surface area contributed by atoms with Gasteiger partial charge in [-0.3, -0.25) is 0 Å². The highest BCUT2D eigenvalue weighted by atomic mass is 127. The molecule has 0 N–H and O–H groups in total. The molecule has 0 bridgehead atoms. The Hall–Kier alpha value is 0.220. The molecule has 0 saturated carbocycles. The minimum atomic E-state index is 0.903. The molecule has 1 rings (SSSR count). The third-order valence-electron chi connectivity index (χ3n) is 1.44. The fourth-order valence-electron chi connectivity index (χ4n) is 0.835. The Morgan fingerprint density at radius 2 is 2.25 bits per heavy atom. The van der Waals surface area contributed by atoms with Crippen molar-refractivity contribution in [1.29, 1.82) is 0 Å². The highest BCUT2D eigenvalue weighted by molar-refractivity contribution is 14.1. The van der Waals surface area contributed by atoms with Crippen LogP contribution >= 0.6 is 45.2 Å². The summed E-state index contributed by atoms with van der Waals surface area (Å²) in [5.41, 5.74) is 1.20. The Bertz CT molecular complexity index is 294. The van der Waals surface area contributed by atoms with E-state index in [4.69, 9.17) is 4.74 Å². The zero-order valence-electron chi connectivity index (χ0n) is 6.55. The highest BCUT2D eigenvalue weighted by Crippen LogP contribution is 2.26. The Morgan fingerprint density at radius 1 is 1.50 bits per heavy atom. The van der Waals surface area contributed by atoms with Gasteiger partial charge in [0.2, 0.25) is 0 Å². The Balaban J connectivity index is 3.02. The molecule has 0 atom stereocenters. The summed E-state index contributed by atoms with van der Waals surface area (Å²) >= 11 is 4.53. The summed E-state index contributed by atoms with van der Waals surface area (Å²) in [6.45, 7) is 0. The second-order valence-corrected chi connectivity index (χ2v) is 3.97. The van der Waals surface area contributed by atoms with E-state index in [0.29, 0.717) is 0 Å². The van der Waals surface area contributed by atoms with Crippen molar-refractivity contribution in [2.75, 3.05) is 7.11 Å². The van der Waals surface area contributed by atoms with E-state index >= 15 is 0 Å². The lowest BCUT2D eigenvalue weighted by atomic mass is 10.2. The first-order chi connectivity index (χ1) is 5.77. The SMILES string of the molecule is COc1cccc(/C(I)=C\I)c1. The molecule has 1 nitrogen and oxygen atoms in total. The number of hydrogen-bond donors (Lipinski definition) is 0. The Kier molecular flexibility index (Phi) is 4.34. The van der Waals surface area contributed by atoms with E-state index < -0.39 is 0 Å². The van der Waals surface area contributed by atoms with E-state index in [2.05, 4.69) is 51.2 Å². The average molecular weight is 386 g/mol. The minimum absolute atomic E-state index is 0.903. The van der Waals surface area contributed by atoms with Gasteiger partial charge in [-0.2, -0.15) is 0 Å². The number of rotatable bonds is 2. The first-order valence-electron chi connectivity index (χ1n) is 3.38. The number of benzene rings is 1. The van der Waals surface area contributed by atoms with Gasteiger partial charge in [0.05, 0.1) is 7.11 Å². The number of halogens is 2. The molecule has 0 fully saturated rings. The molecular weight excluding hydrogens is 378 g/mol. The maximum atomic E-state index is 5.12. The zero-order chi connectivity index (χ0) is 8.97. The van der Waals surface area contributed by atoms with Crippen LogP contribution < -0.4 is 4.74 Å². The van der Waals surface area contributed by atoms with Gasteiger partial charge in [0.1, 0.15) is 5.75 Å². The van der Waals surface area contributed by atoms with Gasteiger partial charge in [0, 0.05) is 3.58 Å². The lowest BCUT2D eigenvalue weighted by Crippen LogP contribution is -1.83. The van der Waals surface area contributed by atoms with Crippen LogP contribution in [0.25, 0.3) is 3.58 Å². The maximum absolute atomic E-state index is 5.12. The summed E-state index contributed by atoms with van der Waals surface area (Å²) in [5.74, 6) is 0.903. The van der Waals surface area contributed by atoms with Crippen LogP contribution in [0, 0.1) is 0 Å². The predicted octanol–water partition coefficient (Wildman–Crippen LogP) is 3.86. The number of ether oxygens (including phenoxy) is 1. The summed E-state index contributed by atoms with van der Waals surface area (Å²) in [4.78, 5) is 0. The fraction of sp³-hybridized carbons (Fsp3) is 0.111. The first-order valence-corrected chi connectivity index (χ1v) is 5.70. The van der Waals surface area contributed by atoms with E-state index in [-0.39, 0.29) is 0 Å². The molecular formula is C9H8I2O. The molecule has 0 amide bonds. The van der Waals surface area contributed by atoms with Gasteiger partial charge < -0.3 is 4.74 Å². The van der Waals surface area contributed by atoms with Crippen LogP contribution in [-0.2, 0) is 0 Å². The highest BCUT2D eigenvalue weighted by Gasteiger charge is 1.97. The van der Waals surface area contributed by atoms with Crippen LogP contribution in [0.3, 0.4) is 0 Å². The Labute approximate surface area is 99.5 Å². The molecule has 0 aromatic heterocycles. The minimum Gasteiger partial charge on any atom is -0.497 e. The summed E-state index contributed by atoms with van der Waals surface area (Å²) in [6.07, 6.45) is 0. The topological polar surface area (TPSA) is 9.23 Å². The van der Waals surface area contributed by atoms with Crippen molar-refractivity contribution in [3.8, 4) is 5.75 Å². The van der Waals surface area contributed by atoms with Crippen LogP contribution in [-0.4, -0.2) is 7.11 Å². The molecule has 0 aliphatic rings. The Morgan fingerprint density at radius 3 is 2.83 bits per heavy atom. The number of methoxy groups -OCH3 is 1. The van der Waals surface area contributed by atoms with Crippen LogP contribution in [0.15, 0.2) is 28.3 Å². The van der Waals surface area contributed by atoms with Crippen LogP contribution in [0.5, 0.6) is 5.75 Å². The van der Waals surface area contributed by atoms with Crippen molar-refractivity contribution in [1.82, 2.24) is 0 Å². The lowest BCUT2D eigenvalue weighted by Gasteiger charge is -2.02. The second-order valence-electron chi connectivity index (χ2n) is 2.19. The van der Waals surface area contributed by atoms with E-state index in [1.54, 1.807) is 7.11 Å². The second kappa shape index (κ2) is 5.06. The molecule has 0 radical (unpaired) electrons. The van der Waals surface area contributed by atoms with Gasteiger partial charge >= 0.3 is 0 Å². The normalized spacial score (nSPS) is 11.4. The molecule has 12 heavy (non-hydrogen) atoms. The molecule has 0 unspecified atom stereocenters. The molecule has 0 heterocycles. The fourth-order valence-corrected chi connectivity index (χ4v) is 1.53. The van der Waals surface area contributed by atoms with Gasteiger partial charge in [0.25, 0.3) is 0 Å². The van der Waals surface area contributed by atoms with Crippen molar-refractivity contribution < 1.29 is 4.74 Å². The summed E-state index contributed by atoms with van der Waals surface area (Å²) in [5, 5.41) is 0. The predicted molar refractivity (Wildman–Crippen MR) is 69.0 cm³/mol. The standard InChI is InChI=1S/C9H8I2O/c1-12-8-4-2-3-7(5-8)9(11)6-10/h2-6H,1H3/b9-6+. The first kappa shape index (κ1) is 10.3. The summed E-state index contributed by atoms with van der Waals surface area (Å²) < 4.78 is 8.39. The van der Waals surface area contributed by atoms with E-state index in [1.807, 2.05) is 22.3 Å². The molecule has 1 aromatic carbocycles. The molecule has 1 aromatic rings. The smallest absolute Gasteiger partial charge is 0.119 e.